The van der Waals surface area contributed by atoms with E-state index < -0.39 is 14.0 Å². The molecule has 1 fully saturated rings. The van der Waals surface area contributed by atoms with Gasteiger partial charge in [0.1, 0.15) is 5.22 Å². The van der Waals surface area contributed by atoms with Crippen LogP contribution in [0.25, 0.3) is 0 Å². The summed E-state index contributed by atoms with van der Waals surface area (Å²) in [6.07, 6.45) is 4.93. The Bertz CT molecular complexity index is 243. The van der Waals surface area contributed by atoms with Crippen molar-refractivity contribution in [2.45, 2.75) is 58.1 Å². The zero-order valence-electron chi connectivity index (χ0n) is 13.3. The first-order chi connectivity index (χ1) is 9.70. The Balaban J connectivity index is 3.04. The van der Waals surface area contributed by atoms with Crippen LogP contribution in [0.2, 0.25) is 0 Å². The molecule has 0 radical (unpaired) electrons. The van der Waals surface area contributed by atoms with Gasteiger partial charge in [0.05, 0.1) is 0 Å². The van der Waals surface area contributed by atoms with Gasteiger partial charge < -0.3 is 23.7 Å². The van der Waals surface area contributed by atoms with E-state index in [-0.39, 0.29) is 0 Å². The van der Waals surface area contributed by atoms with Gasteiger partial charge in [-0.25, -0.2) is 0 Å². The van der Waals surface area contributed by atoms with E-state index in [0.29, 0.717) is 26.4 Å². The number of rotatable bonds is 10. The summed E-state index contributed by atoms with van der Waals surface area (Å²) < 4.78 is 24.5. The molecule has 2 N–H and O–H groups in total. The van der Waals surface area contributed by atoms with Crippen LogP contribution in [-0.4, -0.2) is 47.0 Å². The summed E-state index contributed by atoms with van der Waals surface area (Å²) in [5.41, 5.74) is 5.71. The lowest BCUT2D eigenvalue weighted by molar-refractivity contribution is -0.0980. The minimum atomic E-state index is -2.86. The second-order valence-electron chi connectivity index (χ2n) is 5.05. The summed E-state index contributed by atoms with van der Waals surface area (Å²) >= 11 is 0. The van der Waals surface area contributed by atoms with Crippen LogP contribution in [0, 0.1) is 0 Å². The molecule has 1 atom stereocenters. The quantitative estimate of drug-likeness (QED) is 0.627. The summed E-state index contributed by atoms with van der Waals surface area (Å²) in [6.45, 7) is 9.12. The van der Waals surface area contributed by atoms with Crippen molar-refractivity contribution in [2.75, 3.05) is 33.0 Å². The zero-order valence-corrected chi connectivity index (χ0v) is 14.3. The largest absolute Gasteiger partial charge is 0.534 e. The molecule has 0 bridgehead atoms. The van der Waals surface area contributed by atoms with E-state index in [0.717, 1.165) is 38.7 Å². The molecule has 1 aliphatic heterocycles. The summed E-state index contributed by atoms with van der Waals surface area (Å²) in [5.74, 6) is 0. The molecule has 1 saturated heterocycles. The first-order valence-electron chi connectivity index (χ1n) is 7.96. The zero-order chi connectivity index (χ0) is 14.9. The van der Waals surface area contributed by atoms with Crippen molar-refractivity contribution in [1.82, 2.24) is 0 Å². The van der Waals surface area contributed by atoms with Crippen LogP contribution in [0.3, 0.4) is 0 Å². The normalized spacial score (nSPS) is 24.0. The van der Waals surface area contributed by atoms with Gasteiger partial charge in [0.25, 0.3) is 0 Å². The van der Waals surface area contributed by atoms with Crippen LogP contribution in [0.15, 0.2) is 0 Å². The molecule has 1 heterocycles. The van der Waals surface area contributed by atoms with Gasteiger partial charge in [-0.3, -0.25) is 0 Å². The lowest BCUT2D eigenvalue weighted by atomic mass is 10.0. The predicted molar refractivity (Wildman–Crippen MR) is 81.5 cm³/mol. The van der Waals surface area contributed by atoms with Crippen molar-refractivity contribution in [3.05, 3.63) is 0 Å². The number of ether oxygens (including phenoxy) is 1. The molecular weight excluding hydrogens is 274 g/mol. The van der Waals surface area contributed by atoms with E-state index in [9.17, 15) is 0 Å². The van der Waals surface area contributed by atoms with Crippen molar-refractivity contribution >= 4 is 8.80 Å². The van der Waals surface area contributed by atoms with Gasteiger partial charge in [0.2, 0.25) is 0 Å². The second kappa shape index (κ2) is 9.12. The third-order valence-electron chi connectivity index (χ3n) is 3.70. The fourth-order valence-corrected chi connectivity index (χ4v) is 6.35. The third-order valence-corrected chi connectivity index (χ3v) is 7.47. The topological polar surface area (TPSA) is 62.9 Å². The maximum absolute atomic E-state index is 6.22. The minimum Gasteiger partial charge on any atom is -0.372 e. The Morgan fingerprint density at radius 1 is 1.05 bits per heavy atom. The van der Waals surface area contributed by atoms with Crippen LogP contribution in [-0.2, 0) is 18.0 Å². The van der Waals surface area contributed by atoms with Crippen LogP contribution in [0.1, 0.15) is 52.9 Å². The summed E-state index contributed by atoms with van der Waals surface area (Å²) in [5, 5.41) is -0.410. The highest BCUT2D eigenvalue weighted by molar-refractivity contribution is 6.64. The van der Waals surface area contributed by atoms with E-state index in [2.05, 4.69) is 0 Å². The minimum absolute atomic E-state index is 0.410. The number of hydrogen-bond acceptors (Lipinski definition) is 5. The van der Waals surface area contributed by atoms with Gasteiger partial charge in [-0.2, -0.15) is 0 Å². The van der Waals surface area contributed by atoms with Crippen LogP contribution in [0.5, 0.6) is 0 Å². The lowest BCUT2D eigenvalue weighted by Gasteiger charge is -2.47. The van der Waals surface area contributed by atoms with Gasteiger partial charge in [0.15, 0.2) is 0 Å². The van der Waals surface area contributed by atoms with Gasteiger partial charge in [0, 0.05) is 26.4 Å². The molecule has 0 aromatic heterocycles. The predicted octanol–water partition coefficient (Wildman–Crippen LogP) is 2.25. The van der Waals surface area contributed by atoms with E-state index in [1.165, 1.54) is 0 Å². The van der Waals surface area contributed by atoms with Crippen LogP contribution < -0.4 is 5.73 Å². The van der Waals surface area contributed by atoms with Crippen molar-refractivity contribution in [3.63, 3.8) is 0 Å². The Morgan fingerprint density at radius 3 is 2.05 bits per heavy atom. The molecular formula is C14H31NO4Si. The molecule has 0 spiro atoms. The SMILES string of the molecule is CCO[Si](OCC)(OCC)C1(CCCN)CCCCO1. The first kappa shape index (κ1) is 18.1. The highest BCUT2D eigenvalue weighted by atomic mass is 28.4. The molecule has 0 saturated carbocycles. The molecule has 0 aliphatic carbocycles. The molecule has 120 valence electrons. The van der Waals surface area contributed by atoms with Crippen molar-refractivity contribution in [3.8, 4) is 0 Å². The third kappa shape index (κ3) is 4.02. The van der Waals surface area contributed by atoms with Gasteiger partial charge in [-0.1, -0.05) is 0 Å². The summed E-state index contributed by atoms with van der Waals surface area (Å²) in [7, 11) is -2.86. The first-order valence-corrected chi connectivity index (χ1v) is 9.68. The molecule has 0 aromatic rings. The van der Waals surface area contributed by atoms with Crippen molar-refractivity contribution in [1.29, 1.82) is 0 Å². The number of hydrogen-bond donors (Lipinski definition) is 1. The van der Waals surface area contributed by atoms with E-state index in [1.54, 1.807) is 0 Å². The monoisotopic (exact) mass is 305 g/mol. The standard InChI is InChI=1S/C14H31NO4Si/c1-4-17-20(18-5-2,19-6-3)14(11-9-12-15)10-7-8-13-16-14/h4-13,15H2,1-3H3. The highest BCUT2D eigenvalue weighted by Gasteiger charge is 2.62. The van der Waals surface area contributed by atoms with Gasteiger partial charge in [-0.15, -0.1) is 0 Å². The van der Waals surface area contributed by atoms with Gasteiger partial charge in [-0.05, 0) is 59.4 Å². The maximum atomic E-state index is 6.22. The van der Waals surface area contributed by atoms with Crippen LogP contribution in [0.4, 0.5) is 0 Å². The van der Waals surface area contributed by atoms with Gasteiger partial charge >= 0.3 is 8.80 Å². The van der Waals surface area contributed by atoms with E-state index >= 15 is 0 Å². The average Bonchev–Trinajstić information content (AvgIpc) is 2.47. The van der Waals surface area contributed by atoms with E-state index in [1.807, 2.05) is 20.8 Å². The lowest BCUT2D eigenvalue weighted by Crippen LogP contribution is -2.67. The molecule has 20 heavy (non-hydrogen) atoms. The smallest absolute Gasteiger partial charge is 0.372 e. The number of nitrogens with two attached hydrogens (primary N) is 1. The summed E-state index contributed by atoms with van der Waals surface area (Å²) in [4.78, 5) is 0. The molecule has 5 nitrogen and oxygen atoms in total. The Morgan fingerprint density at radius 2 is 1.65 bits per heavy atom. The van der Waals surface area contributed by atoms with Crippen LogP contribution >= 0.6 is 0 Å². The highest BCUT2D eigenvalue weighted by Crippen LogP contribution is 2.39. The molecule has 6 heteroatoms. The maximum Gasteiger partial charge on any atom is 0.534 e. The summed E-state index contributed by atoms with van der Waals surface area (Å²) in [6, 6.07) is 0. The Kier molecular flexibility index (Phi) is 8.24. The van der Waals surface area contributed by atoms with Crippen molar-refractivity contribution in [2.24, 2.45) is 5.73 Å². The Labute approximate surface area is 124 Å². The fraction of sp³-hybridized carbons (Fsp3) is 1.00. The Hall–Kier alpha value is 0.0169. The molecule has 0 amide bonds. The molecule has 1 aliphatic rings. The fourth-order valence-electron chi connectivity index (χ4n) is 2.92. The molecule has 0 aromatic carbocycles. The molecule has 1 rings (SSSR count). The van der Waals surface area contributed by atoms with Crippen molar-refractivity contribution < 1.29 is 18.0 Å². The average molecular weight is 305 g/mol. The second-order valence-corrected chi connectivity index (χ2v) is 7.94. The molecule has 1 unspecified atom stereocenters. The van der Waals surface area contributed by atoms with E-state index in [4.69, 9.17) is 23.7 Å².